The molecule has 0 unspecified atom stereocenters. The third-order valence-corrected chi connectivity index (χ3v) is 7.84. The molecule has 0 N–H and O–H groups in total. The Kier molecular flexibility index (Phi) is 3.06. The van der Waals surface area contributed by atoms with Crippen molar-refractivity contribution in [3.05, 3.63) is 39.8 Å². The number of rotatable bonds is 2. The summed E-state index contributed by atoms with van der Waals surface area (Å²) in [5.74, 6) is 0. The standard InChI is InChI=1S/C10H10IS2/c1-7-3-12-5-9(7)11-10-6-13-4-8(10)2/h3-6H,1-2H3/q+1. The van der Waals surface area contributed by atoms with Gasteiger partial charge in [-0.3, -0.25) is 0 Å². The average molecular weight is 321 g/mol. The summed E-state index contributed by atoms with van der Waals surface area (Å²) in [5, 5.41) is 9.10. The van der Waals surface area contributed by atoms with E-state index in [-0.39, 0.29) is 21.2 Å². The van der Waals surface area contributed by atoms with E-state index in [0.29, 0.717) is 0 Å². The van der Waals surface area contributed by atoms with Gasteiger partial charge in [0, 0.05) is 21.9 Å². The van der Waals surface area contributed by atoms with Gasteiger partial charge in [-0.15, -0.1) is 22.7 Å². The van der Waals surface area contributed by atoms with Gasteiger partial charge in [-0.05, 0) is 24.6 Å². The van der Waals surface area contributed by atoms with Gasteiger partial charge in [0.25, 0.3) is 0 Å². The van der Waals surface area contributed by atoms with E-state index in [1.165, 1.54) is 11.1 Å². The van der Waals surface area contributed by atoms with Crippen molar-refractivity contribution in [2.45, 2.75) is 13.8 Å². The zero-order chi connectivity index (χ0) is 9.26. The Morgan fingerprint density at radius 3 is 1.62 bits per heavy atom. The Morgan fingerprint density at radius 2 is 1.31 bits per heavy atom. The third kappa shape index (κ3) is 2.14. The fraction of sp³-hybridized carbons (Fsp3) is 0.200. The second-order valence-corrected chi connectivity index (χ2v) is 7.25. The van der Waals surface area contributed by atoms with Crippen LogP contribution in [0.2, 0.25) is 0 Å². The molecule has 0 atom stereocenters. The summed E-state index contributed by atoms with van der Waals surface area (Å²) in [6.45, 7) is 4.43. The van der Waals surface area contributed by atoms with E-state index in [0.717, 1.165) is 0 Å². The highest BCUT2D eigenvalue weighted by Crippen LogP contribution is 2.06. The van der Waals surface area contributed by atoms with E-state index in [2.05, 4.69) is 35.4 Å². The molecule has 0 saturated heterocycles. The molecule has 0 aliphatic carbocycles. The van der Waals surface area contributed by atoms with Crippen molar-refractivity contribution in [1.29, 1.82) is 0 Å². The van der Waals surface area contributed by atoms with Crippen molar-refractivity contribution in [1.82, 2.24) is 0 Å². The van der Waals surface area contributed by atoms with Gasteiger partial charge in [-0.1, -0.05) is 0 Å². The largest absolute Gasteiger partial charge is 0.360 e. The SMILES string of the molecule is Cc1cscc1[I+]c1cscc1C. The number of hydrogen-bond donors (Lipinski definition) is 0. The van der Waals surface area contributed by atoms with Crippen LogP contribution < -0.4 is 21.2 Å². The fourth-order valence-electron chi connectivity index (χ4n) is 0.993. The number of hydrogen-bond acceptors (Lipinski definition) is 2. The van der Waals surface area contributed by atoms with Crippen molar-refractivity contribution >= 4 is 22.7 Å². The van der Waals surface area contributed by atoms with Crippen LogP contribution in [-0.4, -0.2) is 0 Å². The Morgan fingerprint density at radius 1 is 0.846 bits per heavy atom. The van der Waals surface area contributed by atoms with Crippen LogP contribution in [0.15, 0.2) is 21.5 Å². The monoisotopic (exact) mass is 321 g/mol. The summed E-state index contributed by atoms with van der Waals surface area (Å²) in [4.78, 5) is 0. The second-order valence-electron chi connectivity index (χ2n) is 2.90. The van der Waals surface area contributed by atoms with Crippen molar-refractivity contribution in [2.75, 3.05) is 0 Å². The smallest absolute Gasteiger partial charge is 0.147 e. The molecule has 2 rings (SSSR count). The molecule has 0 saturated carbocycles. The van der Waals surface area contributed by atoms with Crippen LogP contribution in [0.1, 0.15) is 11.1 Å². The molecule has 0 aliphatic rings. The molecule has 0 amide bonds. The van der Waals surface area contributed by atoms with Gasteiger partial charge in [-0.2, -0.15) is 0 Å². The maximum Gasteiger partial charge on any atom is 0.360 e. The summed E-state index contributed by atoms with van der Waals surface area (Å²) >= 11 is 3.73. The van der Waals surface area contributed by atoms with Crippen LogP contribution in [-0.2, 0) is 0 Å². The number of aryl methyl sites for hydroxylation is 2. The first-order valence-corrected chi connectivity index (χ1v) is 8.02. The minimum Gasteiger partial charge on any atom is -0.147 e. The van der Waals surface area contributed by atoms with Crippen LogP contribution in [0.4, 0.5) is 0 Å². The molecule has 2 heterocycles. The van der Waals surface area contributed by atoms with Crippen LogP contribution in [0.5, 0.6) is 0 Å². The molecule has 0 nitrogen and oxygen atoms in total. The molecule has 0 fully saturated rings. The van der Waals surface area contributed by atoms with E-state index in [1.54, 1.807) is 7.14 Å². The lowest BCUT2D eigenvalue weighted by Crippen LogP contribution is -3.61. The molecule has 0 aliphatic heterocycles. The predicted molar refractivity (Wildman–Crippen MR) is 55.5 cm³/mol. The molecular weight excluding hydrogens is 311 g/mol. The normalized spacial score (nSPS) is 10.6. The summed E-state index contributed by atoms with van der Waals surface area (Å²) in [7, 11) is 0. The van der Waals surface area contributed by atoms with Crippen molar-refractivity contribution in [3.8, 4) is 0 Å². The zero-order valence-corrected chi connectivity index (χ0v) is 11.3. The van der Waals surface area contributed by atoms with E-state index in [1.807, 2.05) is 22.7 Å². The van der Waals surface area contributed by atoms with Crippen LogP contribution in [0.25, 0.3) is 0 Å². The van der Waals surface area contributed by atoms with E-state index < -0.39 is 0 Å². The molecule has 0 radical (unpaired) electrons. The van der Waals surface area contributed by atoms with E-state index in [9.17, 15) is 0 Å². The van der Waals surface area contributed by atoms with Crippen molar-refractivity contribution in [2.24, 2.45) is 0 Å². The first-order chi connectivity index (χ1) is 6.27. The molecule has 2 aromatic rings. The van der Waals surface area contributed by atoms with Gasteiger partial charge >= 0.3 is 21.2 Å². The first-order valence-electron chi connectivity index (χ1n) is 3.98. The molecule has 0 aromatic carbocycles. The first kappa shape index (κ1) is 9.68. The summed E-state index contributed by atoms with van der Waals surface area (Å²) in [6, 6.07) is 0. The zero-order valence-electron chi connectivity index (χ0n) is 7.50. The van der Waals surface area contributed by atoms with Crippen molar-refractivity contribution < 1.29 is 21.2 Å². The second kappa shape index (κ2) is 4.11. The van der Waals surface area contributed by atoms with Gasteiger partial charge in [0.15, 0.2) is 0 Å². The van der Waals surface area contributed by atoms with Gasteiger partial charge in [0.05, 0.1) is 0 Å². The number of thiophene rings is 2. The summed E-state index contributed by atoms with van der Waals surface area (Å²) < 4.78 is 3.18. The molecule has 3 heteroatoms. The highest BCUT2D eigenvalue weighted by Gasteiger charge is 2.21. The molecule has 13 heavy (non-hydrogen) atoms. The highest BCUT2D eigenvalue weighted by molar-refractivity contribution is 7.08. The third-order valence-electron chi connectivity index (χ3n) is 1.79. The van der Waals surface area contributed by atoms with Crippen LogP contribution in [0.3, 0.4) is 0 Å². The topological polar surface area (TPSA) is 0 Å². The lowest BCUT2D eigenvalue weighted by atomic mass is 10.4. The molecule has 0 bridgehead atoms. The van der Waals surface area contributed by atoms with Gasteiger partial charge in [-0.25, -0.2) is 0 Å². The van der Waals surface area contributed by atoms with Crippen molar-refractivity contribution in [3.63, 3.8) is 0 Å². The van der Waals surface area contributed by atoms with Crippen LogP contribution >= 0.6 is 22.7 Å². The lowest BCUT2D eigenvalue weighted by Gasteiger charge is -1.81. The molecular formula is C10H10IS2+. The Bertz CT molecular complexity index is 362. The molecule has 0 spiro atoms. The maximum atomic E-state index is 2.31. The molecule has 2 aromatic heterocycles. The summed E-state index contributed by atoms with van der Waals surface area (Å²) in [6.07, 6.45) is 0. The van der Waals surface area contributed by atoms with E-state index >= 15 is 0 Å². The van der Waals surface area contributed by atoms with Crippen LogP contribution in [0, 0.1) is 21.0 Å². The van der Waals surface area contributed by atoms with Gasteiger partial charge < -0.3 is 0 Å². The average Bonchev–Trinajstić information content (AvgIpc) is 2.65. The highest BCUT2D eigenvalue weighted by atomic mass is 127. The quantitative estimate of drug-likeness (QED) is 0.709. The summed E-state index contributed by atoms with van der Waals surface area (Å²) in [5.41, 5.74) is 2.95. The Balaban J connectivity index is 2.24. The minimum atomic E-state index is 0.0813. The number of halogens is 1. The van der Waals surface area contributed by atoms with Gasteiger partial charge in [0.2, 0.25) is 7.14 Å². The molecule has 68 valence electrons. The Labute approximate surface area is 96.9 Å². The maximum absolute atomic E-state index is 2.31. The lowest BCUT2D eigenvalue weighted by molar-refractivity contribution is -0.597. The fourth-order valence-corrected chi connectivity index (χ4v) is 6.35. The van der Waals surface area contributed by atoms with E-state index in [4.69, 9.17) is 0 Å². The Hall–Kier alpha value is 0.130. The van der Waals surface area contributed by atoms with Gasteiger partial charge in [0.1, 0.15) is 0 Å². The predicted octanol–water partition coefficient (Wildman–Crippen LogP) is 0.555. The minimum absolute atomic E-state index is 0.0813.